The first-order valence-corrected chi connectivity index (χ1v) is 5.22. The summed E-state index contributed by atoms with van der Waals surface area (Å²) in [4.78, 5) is 11.4. The van der Waals surface area contributed by atoms with Gasteiger partial charge in [-0.2, -0.15) is 0 Å². The second-order valence-corrected chi connectivity index (χ2v) is 3.54. The highest BCUT2D eigenvalue weighted by Gasteiger charge is 2.17. The van der Waals surface area contributed by atoms with Gasteiger partial charge in [-0.3, -0.25) is 10.1 Å². The summed E-state index contributed by atoms with van der Waals surface area (Å²) in [5, 5.41) is 2.99. The third-order valence-corrected chi connectivity index (χ3v) is 2.28. The van der Waals surface area contributed by atoms with Crippen LogP contribution in [0, 0.1) is 5.82 Å². The van der Waals surface area contributed by atoms with E-state index in [2.05, 4.69) is 10.1 Å². The average molecular weight is 241 g/mol. The van der Waals surface area contributed by atoms with Crippen molar-refractivity contribution in [3.63, 3.8) is 0 Å². The quantitative estimate of drug-likeness (QED) is 0.758. The fraction of sp³-hybridized carbons (Fsp3) is 0.417. The first-order valence-electron chi connectivity index (χ1n) is 5.22. The molecule has 17 heavy (non-hydrogen) atoms. The molecule has 0 radical (unpaired) electrons. The van der Waals surface area contributed by atoms with Crippen molar-refractivity contribution >= 4 is 5.97 Å². The lowest BCUT2D eigenvalue weighted by atomic mass is 10.2. The predicted octanol–water partition coefficient (Wildman–Crippen LogP) is 1.10. The van der Waals surface area contributed by atoms with Crippen LogP contribution in [0.3, 0.4) is 0 Å². The van der Waals surface area contributed by atoms with Gasteiger partial charge in [-0.25, -0.2) is 4.39 Å². The van der Waals surface area contributed by atoms with E-state index in [1.165, 1.54) is 26.4 Å². The molecule has 0 aromatic heterocycles. The van der Waals surface area contributed by atoms with E-state index in [0.717, 1.165) is 5.56 Å². The lowest BCUT2D eigenvalue weighted by molar-refractivity contribution is -0.144. The Bertz CT molecular complexity index is 353. The van der Waals surface area contributed by atoms with Crippen molar-refractivity contribution in [2.24, 2.45) is 0 Å². The van der Waals surface area contributed by atoms with Crippen LogP contribution in [0.15, 0.2) is 24.3 Å². The molecule has 0 aliphatic rings. The molecule has 0 unspecified atom stereocenters. The molecule has 94 valence electrons. The minimum Gasteiger partial charge on any atom is -0.468 e. The molecular formula is C12H16FNO3. The zero-order valence-corrected chi connectivity index (χ0v) is 9.90. The number of carbonyl (C=O) groups is 1. The molecule has 1 N–H and O–H groups in total. The number of ether oxygens (including phenoxy) is 2. The molecule has 0 aliphatic heterocycles. The normalized spacial score (nSPS) is 12.2. The van der Waals surface area contributed by atoms with Gasteiger partial charge in [0, 0.05) is 13.7 Å². The van der Waals surface area contributed by atoms with Crippen molar-refractivity contribution in [3.05, 3.63) is 35.6 Å². The first kappa shape index (κ1) is 13.6. The van der Waals surface area contributed by atoms with Crippen LogP contribution in [0.4, 0.5) is 4.39 Å². The molecule has 5 heteroatoms. The Kier molecular flexibility index (Phi) is 5.59. The summed E-state index contributed by atoms with van der Waals surface area (Å²) in [5.74, 6) is -0.663. The molecule has 0 aliphatic carbocycles. The summed E-state index contributed by atoms with van der Waals surface area (Å²) < 4.78 is 22.2. The van der Waals surface area contributed by atoms with Crippen LogP contribution in [-0.4, -0.2) is 32.8 Å². The highest BCUT2D eigenvalue weighted by Crippen LogP contribution is 2.03. The smallest absolute Gasteiger partial charge is 0.325 e. The van der Waals surface area contributed by atoms with Gasteiger partial charge < -0.3 is 9.47 Å². The van der Waals surface area contributed by atoms with E-state index in [0.29, 0.717) is 6.54 Å². The van der Waals surface area contributed by atoms with Gasteiger partial charge in [-0.1, -0.05) is 12.1 Å². The molecule has 4 nitrogen and oxygen atoms in total. The lowest BCUT2D eigenvalue weighted by Crippen LogP contribution is -2.40. The molecular weight excluding hydrogens is 225 g/mol. The van der Waals surface area contributed by atoms with Crippen LogP contribution >= 0.6 is 0 Å². The number of esters is 1. The SMILES string of the molecule is COC[C@@H](NCc1ccc(F)cc1)C(=O)OC. The summed E-state index contributed by atoms with van der Waals surface area (Å²) in [5.41, 5.74) is 0.886. The molecule has 0 amide bonds. The Morgan fingerprint density at radius 2 is 2.00 bits per heavy atom. The number of benzene rings is 1. The highest BCUT2D eigenvalue weighted by atomic mass is 19.1. The van der Waals surface area contributed by atoms with Crippen molar-refractivity contribution in [2.75, 3.05) is 20.8 Å². The summed E-state index contributed by atoms with van der Waals surface area (Å²) in [6.45, 7) is 0.678. The van der Waals surface area contributed by atoms with E-state index in [1.807, 2.05) is 0 Å². The molecule has 1 atom stereocenters. The van der Waals surface area contributed by atoms with Crippen molar-refractivity contribution in [1.82, 2.24) is 5.32 Å². The monoisotopic (exact) mass is 241 g/mol. The van der Waals surface area contributed by atoms with Crippen LogP contribution in [0.2, 0.25) is 0 Å². The topological polar surface area (TPSA) is 47.6 Å². The van der Waals surface area contributed by atoms with Crippen molar-refractivity contribution in [2.45, 2.75) is 12.6 Å². The van der Waals surface area contributed by atoms with Gasteiger partial charge in [-0.15, -0.1) is 0 Å². The largest absolute Gasteiger partial charge is 0.468 e. The molecule has 1 aromatic rings. The minimum atomic E-state index is -0.518. The standard InChI is InChI=1S/C12H16FNO3/c1-16-8-11(12(15)17-2)14-7-9-3-5-10(13)6-4-9/h3-6,11,14H,7-8H2,1-2H3/t11-/m1/s1. The summed E-state index contributed by atoms with van der Waals surface area (Å²) in [6, 6.07) is 5.54. The molecule has 1 rings (SSSR count). The zero-order chi connectivity index (χ0) is 12.7. The fourth-order valence-electron chi connectivity index (χ4n) is 1.36. The van der Waals surface area contributed by atoms with Gasteiger partial charge >= 0.3 is 5.97 Å². The molecule has 1 aromatic carbocycles. The van der Waals surface area contributed by atoms with Crippen molar-refractivity contribution in [3.8, 4) is 0 Å². The third kappa shape index (κ3) is 4.50. The number of hydrogen-bond donors (Lipinski definition) is 1. The number of rotatable bonds is 6. The van der Waals surface area contributed by atoms with E-state index in [-0.39, 0.29) is 18.4 Å². The van der Waals surface area contributed by atoms with E-state index in [4.69, 9.17) is 4.74 Å². The maximum Gasteiger partial charge on any atom is 0.325 e. The van der Waals surface area contributed by atoms with Crippen LogP contribution in [0.25, 0.3) is 0 Å². The van der Waals surface area contributed by atoms with Crippen molar-refractivity contribution < 1.29 is 18.7 Å². The Balaban J connectivity index is 2.51. The van der Waals surface area contributed by atoms with Gasteiger partial charge in [0.05, 0.1) is 13.7 Å². The maximum atomic E-state index is 12.7. The Morgan fingerprint density at radius 1 is 1.35 bits per heavy atom. The number of nitrogens with one attached hydrogen (secondary N) is 1. The average Bonchev–Trinajstić information content (AvgIpc) is 2.35. The Hall–Kier alpha value is -1.46. The van der Waals surface area contributed by atoms with Crippen LogP contribution in [0.5, 0.6) is 0 Å². The van der Waals surface area contributed by atoms with Crippen molar-refractivity contribution in [1.29, 1.82) is 0 Å². The molecule has 0 fully saturated rings. The van der Waals surface area contributed by atoms with E-state index < -0.39 is 6.04 Å². The Labute approximate surface area is 99.7 Å². The van der Waals surface area contributed by atoms with E-state index in [1.54, 1.807) is 12.1 Å². The van der Waals surface area contributed by atoms with Gasteiger partial charge in [0.1, 0.15) is 11.9 Å². The molecule has 0 saturated carbocycles. The summed E-state index contributed by atoms with van der Waals surface area (Å²) in [7, 11) is 2.83. The minimum absolute atomic E-state index is 0.230. The van der Waals surface area contributed by atoms with Gasteiger partial charge in [0.15, 0.2) is 0 Å². The second-order valence-electron chi connectivity index (χ2n) is 3.54. The fourth-order valence-corrected chi connectivity index (χ4v) is 1.36. The molecule has 0 bridgehead atoms. The number of halogens is 1. The van der Waals surface area contributed by atoms with Crippen LogP contribution in [-0.2, 0) is 20.8 Å². The summed E-state index contributed by atoms with van der Waals surface area (Å²) >= 11 is 0. The Morgan fingerprint density at radius 3 is 2.53 bits per heavy atom. The maximum absolute atomic E-state index is 12.7. The third-order valence-electron chi connectivity index (χ3n) is 2.28. The van der Waals surface area contributed by atoms with Gasteiger partial charge in [0.25, 0.3) is 0 Å². The zero-order valence-electron chi connectivity index (χ0n) is 9.90. The predicted molar refractivity (Wildman–Crippen MR) is 60.9 cm³/mol. The van der Waals surface area contributed by atoms with Crippen LogP contribution < -0.4 is 5.32 Å². The van der Waals surface area contributed by atoms with E-state index in [9.17, 15) is 9.18 Å². The molecule has 0 saturated heterocycles. The number of hydrogen-bond acceptors (Lipinski definition) is 4. The first-order chi connectivity index (χ1) is 8.17. The summed E-state index contributed by atoms with van der Waals surface area (Å²) in [6.07, 6.45) is 0. The lowest BCUT2D eigenvalue weighted by Gasteiger charge is -2.15. The van der Waals surface area contributed by atoms with Gasteiger partial charge in [-0.05, 0) is 17.7 Å². The molecule has 0 heterocycles. The van der Waals surface area contributed by atoms with Gasteiger partial charge in [0.2, 0.25) is 0 Å². The number of methoxy groups -OCH3 is 2. The molecule has 0 spiro atoms. The van der Waals surface area contributed by atoms with Crippen LogP contribution in [0.1, 0.15) is 5.56 Å². The second kappa shape index (κ2) is 6.98. The number of carbonyl (C=O) groups excluding carboxylic acids is 1. The van der Waals surface area contributed by atoms with E-state index >= 15 is 0 Å². The highest BCUT2D eigenvalue weighted by molar-refractivity contribution is 5.75.